The molecule has 0 bridgehead atoms. The number of carboxylic acid groups (broad SMARTS) is 1. The van der Waals surface area contributed by atoms with E-state index >= 15 is 0 Å². The SMILES string of the molecule is CCC1(N2C(=O)c3ccc(C(=O)O)cc3S2(=O)=O)CCC1. The van der Waals surface area contributed by atoms with Crippen LogP contribution in [0, 0.1) is 0 Å². The van der Waals surface area contributed by atoms with Crippen LogP contribution in [0.15, 0.2) is 23.1 Å². The van der Waals surface area contributed by atoms with Crippen LogP contribution in [0.2, 0.25) is 0 Å². The molecule has 1 aromatic rings. The van der Waals surface area contributed by atoms with Gasteiger partial charge < -0.3 is 5.11 Å². The van der Waals surface area contributed by atoms with Crippen LogP contribution in [0.1, 0.15) is 53.3 Å². The number of rotatable bonds is 3. The summed E-state index contributed by atoms with van der Waals surface area (Å²) in [7, 11) is -3.96. The molecular formula is C14H15NO5S. The molecule has 1 aliphatic heterocycles. The fourth-order valence-corrected chi connectivity index (χ4v) is 5.16. The van der Waals surface area contributed by atoms with Crippen LogP contribution in [0.25, 0.3) is 0 Å². The largest absolute Gasteiger partial charge is 0.478 e. The predicted octanol–water partition coefficient (Wildman–Crippen LogP) is 1.86. The summed E-state index contributed by atoms with van der Waals surface area (Å²) in [5, 5.41) is 8.99. The molecule has 1 aromatic carbocycles. The van der Waals surface area contributed by atoms with Crippen molar-refractivity contribution in [3.63, 3.8) is 0 Å². The average molecular weight is 309 g/mol. The zero-order valence-electron chi connectivity index (χ0n) is 11.5. The molecule has 1 aliphatic carbocycles. The molecule has 0 atom stereocenters. The van der Waals surface area contributed by atoms with E-state index < -0.39 is 27.4 Å². The average Bonchev–Trinajstić information content (AvgIpc) is 2.59. The van der Waals surface area contributed by atoms with E-state index in [1.54, 1.807) is 0 Å². The summed E-state index contributed by atoms with van der Waals surface area (Å²) in [6.07, 6.45) is 2.78. The van der Waals surface area contributed by atoms with Crippen LogP contribution in [-0.2, 0) is 10.0 Å². The van der Waals surface area contributed by atoms with Gasteiger partial charge in [0.2, 0.25) is 0 Å². The first kappa shape index (κ1) is 14.1. The van der Waals surface area contributed by atoms with Gasteiger partial charge >= 0.3 is 5.97 Å². The van der Waals surface area contributed by atoms with Crippen molar-refractivity contribution in [2.75, 3.05) is 0 Å². The third kappa shape index (κ3) is 1.73. The number of carboxylic acids is 1. The first-order valence-corrected chi connectivity index (χ1v) is 8.24. The predicted molar refractivity (Wildman–Crippen MR) is 73.6 cm³/mol. The van der Waals surface area contributed by atoms with Gasteiger partial charge in [-0.1, -0.05) is 6.92 Å². The second-order valence-corrected chi connectivity index (χ2v) is 7.28. The van der Waals surface area contributed by atoms with Crippen molar-refractivity contribution in [3.05, 3.63) is 29.3 Å². The van der Waals surface area contributed by atoms with Gasteiger partial charge in [0.25, 0.3) is 15.9 Å². The molecule has 112 valence electrons. The van der Waals surface area contributed by atoms with Crippen LogP contribution < -0.4 is 0 Å². The van der Waals surface area contributed by atoms with Crippen LogP contribution in [0.5, 0.6) is 0 Å². The van der Waals surface area contributed by atoms with Gasteiger partial charge in [0.1, 0.15) is 4.90 Å². The van der Waals surface area contributed by atoms with Gasteiger partial charge in [-0.3, -0.25) is 4.79 Å². The number of carbonyl (C=O) groups excluding carboxylic acids is 1. The molecule has 7 heteroatoms. The highest BCUT2D eigenvalue weighted by Gasteiger charge is 2.54. The van der Waals surface area contributed by atoms with E-state index in [9.17, 15) is 18.0 Å². The van der Waals surface area contributed by atoms with Crippen LogP contribution in [-0.4, -0.2) is 35.2 Å². The molecule has 1 N–H and O–H groups in total. The highest BCUT2D eigenvalue weighted by molar-refractivity contribution is 7.90. The van der Waals surface area contributed by atoms with E-state index in [1.165, 1.54) is 12.1 Å². The summed E-state index contributed by atoms with van der Waals surface area (Å²) >= 11 is 0. The van der Waals surface area contributed by atoms with E-state index in [1.807, 2.05) is 6.92 Å². The Morgan fingerprint density at radius 3 is 2.52 bits per heavy atom. The Labute approximate surface area is 122 Å². The minimum Gasteiger partial charge on any atom is -0.478 e. The maximum Gasteiger partial charge on any atom is 0.335 e. The van der Waals surface area contributed by atoms with E-state index in [0.717, 1.165) is 16.8 Å². The summed E-state index contributed by atoms with van der Waals surface area (Å²) in [6.45, 7) is 1.87. The Kier molecular flexibility index (Phi) is 2.88. The Balaban J connectivity index is 2.17. The molecular weight excluding hydrogens is 294 g/mol. The van der Waals surface area contributed by atoms with Gasteiger partial charge in [-0.25, -0.2) is 17.5 Å². The molecule has 1 saturated carbocycles. The fraction of sp³-hybridized carbons (Fsp3) is 0.429. The quantitative estimate of drug-likeness (QED) is 0.920. The van der Waals surface area contributed by atoms with Gasteiger partial charge in [0.05, 0.1) is 16.7 Å². The van der Waals surface area contributed by atoms with Crippen molar-refractivity contribution >= 4 is 21.9 Å². The Hall–Kier alpha value is -1.89. The number of nitrogens with zero attached hydrogens (tertiary/aromatic N) is 1. The minimum atomic E-state index is -3.96. The van der Waals surface area contributed by atoms with Gasteiger partial charge in [0, 0.05) is 0 Å². The number of hydrogen-bond donors (Lipinski definition) is 1. The molecule has 0 unspecified atom stereocenters. The highest BCUT2D eigenvalue weighted by atomic mass is 32.2. The van der Waals surface area contributed by atoms with Crippen LogP contribution in [0.3, 0.4) is 0 Å². The first-order valence-electron chi connectivity index (χ1n) is 6.80. The lowest BCUT2D eigenvalue weighted by Crippen LogP contribution is -2.55. The number of hydrogen-bond acceptors (Lipinski definition) is 4. The molecule has 6 nitrogen and oxygen atoms in total. The van der Waals surface area contributed by atoms with Crippen molar-refractivity contribution in [3.8, 4) is 0 Å². The number of aromatic carboxylic acids is 1. The lowest BCUT2D eigenvalue weighted by Gasteiger charge is -2.46. The van der Waals surface area contributed by atoms with Gasteiger partial charge in [-0.15, -0.1) is 0 Å². The number of fused-ring (bicyclic) bond motifs is 1. The topological polar surface area (TPSA) is 91.8 Å². The van der Waals surface area contributed by atoms with Crippen molar-refractivity contribution in [2.45, 2.75) is 43.0 Å². The fourth-order valence-electron chi connectivity index (χ4n) is 3.12. The lowest BCUT2D eigenvalue weighted by molar-refractivity contribution is 0.0525. The standard InChI is InChI=1S/C14H15NO5S/c1-2-14(6-3-7-14)15-12(16)10-5-4-9(13(17)18)8-11(10)21(15,19)20/h4-5,8H,2-3,6-7H2,1H3,(H,17,18). The highest BCUT2D eigenvalue weighted by Crippen LogP contribution is 2.47. The van der Waals surface area contributed by atoms with E-state index in [2.05, 4.69) is 0 Å². The monoisotopic (exact) mass is 309 g/mol. The molecule has 3 rings (SSSR count). The normalized spacial score (nSPS) is 21.8. The molecule has 1 fully saturated rings. The van der Waals surface area contributed by atoms with Crippen molar-refractivity contribution in [1.29, 1.82) is 0 Å². The van der Waals surface area contributed by atoms with Crippen LogP contribution in [0.4, 0.5) is 0 Å². The Morgan fingerprint density at radius 2 is 2.05 bits per heavy atom. The van der Waals surface area contributed by atoms with Crippen molar-refractivity contribution < 1.29 is 23.1 Å². The molecule has 0 aromatic heterocycles. The Bertz CT molecular complexity index is 743. The number of benzene rings is 1. The van der Waals surface area contributed by atoms with E-state index in [4.69, 9.17) is 5.11 Å². The van der Waals surface area contributed by atoms with Gasteiger partial charge in [-0.05, 0) is 43.9 Å². The molecule has 0 saturated heterocycles. The third-order valence-electron chi connectivity index (χ3n) is 4.53. The van der Waals surface area contributed by atoms with E-state index in [0.29, 0.717) is 19.3 Å². The van der Waals surface area contributed by atoms with Crippen molar-refractivity contribution in [1.82, 2.24) is 4.31 Å². The maximum atomic E-state index is 12.7. The first-order chi connectivity index (χ1) is 9.83. The van der Waals surface area contributed by atoms with Crippen molar-refractivity contribution in [2.24, 2.45) is 0 Å². The molecule has 0 spiro atoms. The Morgan fingerprint density at radius 1 is 1.38 bits per heavy atom. The maximum absolute atomic E-state index is 12.7. The zero-order valence-corrected chi connectivity index (χ0v) is 12.3. The second-order valence-electron chi connectivity index (χ2n) is 5.52. The lowest BCUT2D eigenvalue weighted by atomic mass is 9.74. The minimum absolute atomic E-state index is 0.0692. The smallest absolute Gasteiger partial charge is 0.335 e. The molecule has 21 heavy (non-hydrogen) atoms. The zero-order chi connectivity index (χ0) is 15.4. The third-order valence-corrected chi connectivity index (χ3v) is 6.46. The second kappa shape index (κ2) is 4.30. The molecule has 1 heterocycles. The number of carbonyl (C=O) groups is 2. The van der Waals surface area contributed by atoms with Crippen LogP contribution >= 0.6 is 0 Å². The van der Waals surface area contributed by atoms with Gasteiger partial charge in [-0.2, -0.15) is 0 Å². The number of amides is 1. The molecule has 2 aliphatic rings. The summed E-state index contributed by atoms with van der Waals surface area (Å²) in [6, 6.07) is 3.63. The van der Waals surface area contributed by atoms with Gasteiger partial charge in [0.15, 0.2) is 0 Å². The summed E-state index contributed by atoms with van der Waals surface area (Å²) in [5.41, 5.74) is -0.705. The molecule has 0 radical (unpaired) electrons. The number of sulfonamides is 1. The summed E-state index contributed by atoms with van der Waals surface area (Å²) < 4.78 is 26.3. The summed E-state index contributed by atoms with van der Waals surface area (Å²) in [4.78, 5) is 23.3. The summed E-state index contributed by atoms with van der Waals surface area (Å²) in [5.74, 6) is -1.75. The molecule has 1 amide bonds. The van der Waals surface area contributed by atoms with E-state index in [-0.39, 0.29) is 16.0 Å².